The third-order valence-electron chi connectivity index (χ3n) is 7.91. The monoisotopic (exact) mass is 506 g/mol. The van der Waals surface area contributed by atoms with Crippen molar-refractivity contribution in [2.75, 3.05) is 26.2 Å². The summed E-state index contributed by atoms with van der Waals surface area (Å²) in [5.74, 6) is -0.223. The second-order valence-corrected chi connectivity index (χ2v) is 10.6. The van der Waals surface area contributed by atoms with Crippen molar-refractivity contribution >= 4 is 5.91 Å². The van der Waals surface area contributed by atoms with Crippen molar-refractivity contribution in [2.45, 2.75) is 76.2 Å². The number of hydrogen-bond donors (Lipinski definition) is 1. The summed E-state index contributed by atoms with van der Waals surface area (Å²) < 4.78 is 44.0. The van der Waals surface area contributed by atoms with Gasteiger partial charge in [0.15, 0.2) is 0 Å². The van der Waals surface area contributed by atoms with Crippen LogP contribution in [-0.4, -0.2) is 74.8 Å². The van der Waals surface area contributed by atoms with E-state index in [0.29, 0.717) is 36.1 Å². The summed E-state index contributed by atoms with van der Waals surface area (Å²) in [5, 5.41) is 14.5. The number of carbonyl (C=O) groups excluding carboxylic acids is 1. The highest BCUT2D eigenvalue weighted by Gasteiger charge is 2.42. The minimum atomic E-state index is -4.78. The van der Waals surface area contributed by atoms with Gasteiger partial charge in [-0.25, -0.2) is 4.68 Å². The maximum Gasteiger partial charge on any atom is 0.573 e. The SMILES string of the molecule is Cc1nn(-c2cccc(OC(F)(F)F)c2)c(C2CC2)c1C(=O)N1CCC(N2CCCC2(C)CO)CC1. The van der Waals surface area contributed by atoms with Gasteiger partial charge in [-0.3, -0.25) is 9.69 Å². The lowest BCUT2D eigenvalue weighted by Crippen LogP contribution is -2.54. The molecule has 2 saturated heterocycles. The summed E-state index contributed by atoms with van der Waals surface area (Å²) >= 11 is 0. The van der Waals surface area contributed by atoms with Gasteiger partial charge in [0.05, 0.1) is 29.2 Å². The number of halogens is 3. The number of nitrogens with zero attached hydrogens (tertiary/aromatic N) is 4. The van der Waals surface area contributed by atoms with Crippen LogP contribution in [0.1, 0.15) is 73.1 Å². The number of aliphatic hydroxyl groups excluding tert-OH is 1. The van der Waals surface area contributed by atoms with Crippen molar-refractivity contribution in [3.63, 3.8) is 0 Å². The lowest BCUT2D eigenvalue weighted by molar-refractivity contribution is -0.274. The van der Waals surface area contributed by atoms with E-state index >= 15 is 0 Å². The van der Waals surface area contributed by atoms with E-state index in [2.05, 4.69) is 21.7 Å². The molecule has 1 aliphatic carbocycles. The lowest BCUT2D eigenvalue weighted by Gasteiger charge is -2.43. The first-order valence-corrected chi connectivity index (χ1v) is 12.7. The largest absolute Gasteiger partial charge is 0.573 e. The van der Waals surface area contributed by atoms with Crippen molar-refractivity contribution in [1.82, 2.24) is 19.6 Å². The molecule has 1 aromatic heterocycles. The molecule has 1 unspecified atom stereocenters. The molecular weight excluding hydrogens is 473 g/mol. The Morgan fingerprint density at radius 1 is 1.19 bits per heavy atom. The number of aryl methyl sites for hydroxylation is 1. The molecule has 1 aromatic carbocycles. The van der Waals surface area contributed by atoms with Gasteiger partial charge in [0.25, 0.3) is 5.91 Å². The number of amides is 1. The van der Waals surface area contributed by atoms with Gasteiger partial charge in [0.2, 0.25) is 0 Å². The number of carbonyl (C=O) groups is 1. The first kappa shape index (κ1) is 25.1. The van der Waals surface area contributed by atoms with Crippen LogP contribution in [0.4, 0.5) is 13.2 Å². The highest BCUT2D eigenvalue weighted by molar-refractivity contribution is 5.97. The second-order valence-electron chi connectivity index (χ2n) is 10.6. The van der Waals surface area contributed by atoms with E-state index in [1.807, 2.05) is 4.90 Å². The Hall–Kier alpha value is -2.59. The number of aliphatic hydroxyl groups is 1. The van der Waals surface area contributed by atoms with Gasteiger partial charge in [0, 0.05) is 36.7 Å². The number of piperidine rings is 1. The number of benzene rings is 1. The maximum absolute atomic E-state index is 13.7. The molecule has 36 heavy (non-hydrogen) atoms. The molecule has 1 saturated carbocycles. The summed E-state index contributed by atoms with van der Waals surface area (Å²) in [6.07, 6.45) is 0.820. The average molecular weight is 507 g/mol. The molecule has 2 aliphatic heterocycles. The Labute approximate surface area is 208 Å². The van der Waals surface area contributed by atoms with E-state index in [1.54, 1.807) is 17.7 Å². The van der Waals surface area contributed by atoms with Crippen molar-refractivity contribution in [3.05, 3.63) is 41.2 Å². The minimum Gasteiger partial charge on any atom is -0.406 e. The number of likely N-dealkylation sites (tertiary alicyclic amines) is 2. The molecule has 3 heterocycles. The zero-order chi connectivity index (χ0) is 25.7. The molecule has 10 heteroatoms. The van der Waals surface area contributed by atoms with Gasteiger partial charge >= 0.3 is 6.36 Å². The molecule has 0 spiro atoms. The molecule has 2 aromatic rings. The van der Waals surface area contributed by atoms with Gasteiger partial charge < -0.3 is 14.7 Å². The quantitative estimate of drug-likeness (QED) is 0.629. The molecule has 1 atom stereocenters. The predicted molar refractivity (Wildman–Crippen MR) is 127 cm³/mol. The third-order valence-corrected chi connectivity index (χ3v) is 7.91. The Morgan fingerprint density at radius 2 is 1.92 bits per heavy atom. The highest BCUT2D eigenvalue weighted by Crippen LogP contribution is 2.44. The first-order chi connectivity index (χ1) is 17.1. The fourth-order valence-corrected chi connectivity index (χ4v) is 5.93. The fraction of sp³-hybridized carbons (Fsp3) is 0.615. The molecule has 3 aliphatic rings. The molecule has 3 fully saturated rings. The van der Waals surface area contributed by atoms with Crippen LogP contribution in [0.2, 0.25) is 0 Å². The van der Waals surface area contributed by atoms with Crippen molar-refractivity contribution in [3.8, 4) is 11.4 Å². The van der Waals surface area contributed by atoms with E-state index < -0.39 is 6.36 Å². The number of rotatable bonds is 6. The van der Waals surface area contributed by atoms with E-state index in [0.717, 1.165) is 50.8 Å². The molecule has 1 N–H and O–H groups in total. The Morgan fingerprint density at radius 3 is 2.56 bits per heavy atom. The Balaban J connectivity index is 1.37. The molecule has 1 amide bonds. The van der Waals surface area contributed by atoms with Gasteiger partial charge in [-0.2, -0.15) is 5.10 Å². The smallest absolute Gasteiger partial charge is 0.406 e. The van der Waals surface area contributed by atoms with Gasteiger partial charge in [-0.1, -0.05) is 6.07 Å². The van der Waals surface area contributed by atoms with Crippen LogP contribution in [0.5, 0.6) is 5.75 Å². The van der Waals surface area contributed by atoms with E-state index in [-0.39, 0.29) is 29.7 Å². The summed E-state index contributed by atoms with van der Waals surface area (Å²) in [7, 11) is 0. The Kier molecular flexibility index (Phi) is 6.53. The minimum absolute atomic E-state index is 0.0619. The van der Waals surface area contributed by atoms with E-state index in [1.165, 1.54) is 18.2 Å². The van der Waals surface area contributed by atoms with Crippen molar-refractivity contribution in [2.24, 2.45) is 0 Å². The number of hydrogen-bond acceptors (Lipinski definition) is 5. The second kappa shape index (κ2) is 9.37. The van der Waals surface area contributed by atoms with Crippen LogP contribution in [0.15, 0.2) is 24.3 Å². The Bertz CT molecular complexity index is 1120. The van der Waals surface area contributed by atoms with Crippen LogP contribution < -0.4 is 4.74 Å². The molecule has 7 nitrogen and oxygen atoms in total. The van der Waals surface area contributed by atoms with E-state index in [9.17, 15) is 23.1 Å². The number of aromatic nitrogens is 2. The maximum atomic E-state index is 13.7. The standard InChI is InChI=1S/C26H33F3N4O3/c1-17-22(24(35)31-13-9-19(10-14-31)32-12-4-11-25(32,2)16-34)23(18-7-8-18)33(30-17)20-5-3-6-21(15-20)36-26(27,28)29/h3,5-6,15,18-19,34H,4,7-14,16H2,1-2H3. The van der Waals surface area contributed by atoms with Gasteiger partial charge in [0.1, 0.15) is 5.75 Å². The normalized spacial score (nSPS) is 23.9. The lowest BCUT2D eigenvalue weighted by atomic mass is 9.94. The zero-order valence-electron chi connectivity index (χ0n) is 20.7. The summed E-state index contributed by atoms with van der Waals surface area (Å²) in [6, 6.07) is 6.07. The summed E-state index contributed by atoms with van der Waals surface area (Å²) in [6.45, 7) is 6.28. The fourth-order valence-electron chi connectivity index (χ4n) is 5.93. The van der Waals surface area contributed by atoms with Crippen LogP contribution >= 0.6 is 0 Å². The van der Waals surface area contributed by atoms with Crippen molar-refractivity contribution in [1.29, 1.82) is 0 Å². The molecule has 5 rings (SSSR count). The zero-order valence-corrected chi connectivity index (χ0v) is 20.7. The molecule has 0 bridgehead atoms. The third kappa shape index (κ3) is 4.85. The molecular formula is C26H33F3N4O3. The predicted octanol–water partition coefficient (Wildman–Crippen LogP) is 4.41. The van der Waals surface area contributed by atoms with Crippen LogP contribution in [-0.2, 0) is 0 Å². The van der Waals surface area contributed by atoms with E-state index in [4.69, 9.17) is 0 Å². The summed E-state index contributed by atoms with van der Waals surface area (Å²) in [4.78, 5) is 18.0. The van der Waals surface area contributed by atoms with Crippen LogP contribution in [0.25, 0.3) is 5.69 Å². The molecule has 0 radical (unpaired) electrons. The number of alkyl halides is 3. The van der Waals surface area contributed by atoms with Crippen molar-refractivity contribution < 1.29 is 27.8 Å². The van der Waals surface area contributed by atoms with Gasteiger partial charge in [-0.05, 0) is 71.0 Å². The average Bonchev–Trinajstić information content (AvgIpc) is 3.52. The highest BCUT2D eigenvalue weighted by atomic mass is 19.4. The van der Waals surface area contributed by atoms with Gasteiger partial charge in [-0.15, -0.1) is 13.2 Å². The topological polar surface area (TPSA) is 70.8 Å². The summed E-state index contributed by atoms with van der Waals surface area (Å²) in [5.41, 5.74) is 2.18. The van der Waals surface area contributed by atoms with Crippen LogP contribution in [0, 0.1) is 6.92 Å². The number of ether oxygens (including phenoxy) is 1. The molecule has 196 valence electrons. The first-order valence-electron chi connectivity index (χ1n) is 12.7. The van der Waals surface area contributed by atoms with Crippen LogP contribution in [0.3, 0.4) is 0 Å².